The van der Waals surface area contributed by atoms with Crippen LogP contribution in [0.4, 0.5) is 0 Å². The molecule has 1 aromatic rings. The zero-order valence-electron chi connectivity index (χ0n) is 20.3. The molecular formula is C24H33Cl2N3O5S. The molecule has 0 spiro atoms. The van der Waals surface area contributed by atoms with Crippen molar-refractivity contribution in [2.24, 2.45) is 5.92 Å². The Morgan fingerprint density at radius 1 is 1.34 bits per heavy atom. The number of halogens is 2. The Hall–Kier alpha value is -1.65. The Bertz CT molecular complexity index is 967. The molecular weight excluding hydrogens is 513 g/mol. The summed E-state index contributed by atoms with van der Waals surface area (Å²) in [6.45, 7) is 10.8. The van der Waals surface area contributed by atoms with Gasteiger partial charge in [-0.25, -0.2) is 8.93 Å². The Labute approximate surface area is 219 Å². The van der Waals surface area contributed by atoms with E-state index in [1.54, 1.807) is 23.1 Å². The highest BCUT2D eigenvalue weighted by Gasteiger charge is 2.36. The van der Waals surface area contributed by atoms with Gasteiger partial charge in [0.25, 0.3) is 5.91 Å². The molecule has 2 saturated heterocycles. The molecule has 3 atom stereocenters. The number of morpholine rings is 1. The van der Waals surface area contributed by atoms with Crippen molar-refractivity contribution >= 4 is 46.0 Å². The summed E-state index contributed by atoms with van der Waals surface area (Å²) >= 11 is 12.7. The molecule has 0 bridgehead atoms. The Kier molecular flexibility index (Phi) is 9.62. The lowest BCUT2D eigenvalue weighted by Gasteiger charge is -2.39. The average Bonchev–Trinajstić information content (AvgIpc) is 2.82. The third-order valence-electron chi connectivity index (χ3n) is 6.03. The van der Waals surface area contributed by atoms with Crippen LogP contribution in [0.15, 0.2) is 24.8 Å². The quantitative estimate of drug-likeness (QED) is 0.488. The molecule has 11 heteroatoms. The van der Waals surface area contributed by atoms with Crippen LogP contribution in [-0.4, -0.2) is 64.6 Å². The maximum Gasteiger partial charge on any atom is 0.253 e. The van der Waals surface area contributed by atoms with Gasteiger partial charge in [-0.15, -0.1) is 0 Å². The van der Waals surface area contributed by atoms with E-state index in [1.165, 1.54) is 0 Å². The molecule has 35 heavy (non-hydrogen) atoms. The van der Waals surface area contributed by atoms with Gasteiger partial charge in [-0.2, -0.15) is 0 Å². The first-order chi connectivity index (χ1) is 16.5. The van der Waals surface area contributed by atoms with Crippen molar-refractivity contribution in [3.8, 4) is 5.75 Å². The molecule has 0 aliphatic carbocycles. The molecule has 2 aliphatic heterocycles. The third-order valence-corrected chi connectivity index (χ3v) is 8.34. The summed E-state index contributed by atoms with van der Waals surface area (Å²) in [4.78, 5) is 26.0. The van der Waals surface area contributed by atoms with Gasteiger partial charge in [0.15, 0.2) is 6.10 Å². The Balaban J connectivity index is 1.82. The number of carbonyl (C=O) groups excluding carboxylic acids is 2. The number of benzene rings is 1. The van der Waals surface area contributed by atoms with E-state index in [0.29, 0.717) is 41.7 Å². The van der Waals surface area contributed by atoms with E-state index in [9.17, 15) is 13.8 Å². The van der Waals surface area contributed by atoms with Crippen molar-refractivity contribution in [1.82, 2.24) is 14.9 Å². The lowest BCUT2D eigenvalue weighted by atomic mass is 9.85. The fraction of sp³-hybridized carbons (Fsp3) is 0.583. The van der Waals surface area contributed by atoms with Crippen LogP contribution in [0.1, 0.15) is 45.2 Å². The largest absolute Gasteiger partial charge is 0.489 e. The summed E-state index contributed by atoms with van der Waals surface area (Å²) in [7, 11) is -1.36. The number of amides is 2. The van der Waals surface area contributed by atoms with Crippen LogP contribution in [0.2, 0.25) is 10.0 Å². The summed E-state index contributed by atoms with van der Waals surface area (Å²) < 4.78 is 27.3. The number of nitrogens with one attached hydrogen (secondary N) is 2. The number of hydrogen-bond donors (Lipinski definition) is 2. The van der Waals surface area contributed by atoms with E-state index in [-0.39, 0.29) is 43.5 Å². The highest BCUT2D eigenvalue weighted by atomic mass is 35.5. The van der Waals surface area contributed by atoms with Crippen LogP contribution in [0.5, 0.6) is 5.75 Å². The van der Waals surface area contributed by atoms with Gasteiger partial charge in [-0.3, -0.25) is 9.59 Å². The minimum absolute atomic E-state index is 0.0562. The van der Waals surface area contributed by atoms with Gasteiger partial charge in [0.1, 0.15) is 19.0 Å². The second-order valence-electron chi connectivity index (χ2n) is 9.65. The summed E-state index contributed by atoms with van der Waals surface area (Å²) in [5.74, 6) is 0.258. The normalized spacial score (nSPS) is 21.2. The minimum Gasteiger partial charge on any atom is -0.489 e. The number of nitrogens with zero attached hydrogens (tertiary/aromatic N) is 1. The number of piperidine rings is 1. The van der Waals surface area contributed by atoms with Gasteiger partial charge in [-0.05, 0) is 45.6 Å². The van der Waals surface area contributed by atoms with Crippen molar-refractivity contribution in [3.05, 3.63) is 40.4 Å². The number of likely N-dealkylation sites (tertiary alicyclic amines) is 1. The molecule has 8 nitrogen and oxygen atoms in total. The zero-order chi connectivity index (χ0) is 25.8. The molecule has 2 unspecified atom stereocenters. The van der Waals surface area contributed by atoms with Crippen LogP contribution in [0.3, 0.4) is 0 Å². The summed E-state index contributed by atoms with van der Waals surface area (Å²) in [6.07, 6.45) is 2.32. The van der Waals surface area contributed by atoms with Gasteiger partial charge >= 0.3 is 0 Å². The SMILES string of the molecule is C=CCOc1cc(Cl)c(Cl)cc1C(NS(=O)C(C)(C)C)C1CCN(C(=O)[C@@H]2CNC(=O)CO2)CC1. The summed E-state index contributed by atoms with van der Waals surface area (Å²) in [5, 5.41) is 3.42. The second kappa shape index (κ2) is 12.1. The van der Waals surface area contributed by atoms with Crippen molar-refractivity contribution < 1.29 is 23.3 Å². The first-order valence-corrected chi connectivity index (χ1v) is 13.5. The zero-order valence-corrected chi connectivity index (χ0v) is 22.6. The minimum atomic E-state index is -1.36. The van der Waals surface area contributed by atoms with Gasteiger partial charge in [0.2, 0.25) is 5.91 Å². The van der Waals surface area contributed by atoms with E-state index in [4.69, 9.17) is 32.7 Å². The smallest absolute Gasteiger partial charge is 0.253 e. The van der Waals surface area contributed by atoms with Crippen molar-refractivity contribution in [3.63, 3.8) is 0 Å². The van der Waals surface area contributed by atoms with E-state index in [0.717, 1.165) is 5.56 Å². The average molecular weight is 547 g/mol. The van der Waals surface area contributed by atoms with Crippen LogP contribution in [-0.2, 0) is 25.3 Å². The van der Waals surface area contributed by atoms with Gasteiger partial charge in [0, 0.05) is 24.7 Å². The van der Waals surface area contributed by atoms with E-state index in [2.05, 4.69) is 16.6 Å². The maximum absolute atomic E-state index is 13.1. The van der Waals surface area contributed by atoms with Crippen molar-refractivity contribution in [2.45, 2.75) is 50.5 Å². The number of hydrogen-bond acceptors (Lipinski definition) is 5. The molecule has 2 N–H and O–H groups in total. The fourth-order valence-corrected chi connectivity index (χ4v) is 5.30. The monoisotopic (exact) mass is 545 g/mol. The van der Waals surface area contributed by atoms with Crippen LogP contribution in [0.25, 0.3) is 0 Å². The Morgan fingerprint density at radius 2 is 2.00 bits per heavy atom. The highest BCUT2D eigenvalue weighted by Crippen LogP contribution is 2.40. The molecule has 2 aliphatic rings. The predicted octanol–water partition coefficient (Wildman–Crippen LogP) is 3.40. The van der Waals surface area contributed by atoms with Crippen molar-refractivity contribution in [2.75, 3.05) is 32.8 Å². The van der Waals surface area contributed by atoms with E-state index in [1.807, 2.05) is 20.8 Å². The van der Waals surface area contributed by atoms with Gasteiger partial charge < -0.3 is 19.7 Å². The first-order valence-electron chi connectivity index (χ1n) is 11.6. The number of ether oxygens (including phenoxy) is 2. The lowest BCUT2D eigenvalue weighted by molar-refractivity contribution is -0.151. The van der Waals surface area contributed by atoms with Crippen LogP contribution >= 0.6 is 23.2 Å². The Morgan fingerprint density at radius 3 is 2.57 bits per heavy atom. The highest BCUT2D eigenvalue weighted by molar-refractivity contribution is 7.84. The fourth-order valence-electron chi connectivity index (χ4n) is 4.07. The molecule has 1 aromatic carbocycles. The summed E-state index contributed by atoms with van der Waals surface area (Å²) in [5.41, 5.74) is 0.766. The lowest BCUT2D eigenvalue weighted by Crippen LogP contribution is -2.53. The van der Waals surface area contributed by atoms with Gasteiger partial charge in [0.05, 0.1) is 38.4 Å². The standard InChI is InChI=1S/C24H33Cl2N3O5S/c1-5-10-33-19-12-18(26)17(25)11-16(19)22(28-35(32)24(2,3)4)15-6-8-29(9-7-15)23(31)20-13-27-21(30)14-34-20/h5,11-12,15,20,22,28H,1,6-10,13-14H2,2-4H3,(H,27,30)/t20-,22?,35?/m0/s1. The molecule has 194 valence electrons. The van der Waals surface area contributed by atoms with Crippen LogP contribution < -0.4 is 14.8 Å². The molecule has 0 aromatic heterocycles. The van der Waals surface area contributed by atoms with E-state index >= 15 is 0 Å². The molecule has 2 amide bonds. The second-order valence-corrected chi connectivity index (χ2v) is 12.5. The third kappa shape index (κ3) is 7.20. The summed E-state index contributed by atoms with van der Waals surface area (Å²) in [6, 6.07) is 3.09. The molecule has 3 rings (SSSR count). The van der Waals surface area contributed by atoms with Crippen LogP contribution in [0, 0.1) is 5.92 Å². The molecule has 2 heterocycles. The van der Waals surface area contributed by atoms with Gasteiger partial charge in [-0.1, -0.05) is 35.9 Å². The van der Waals surface area contributed by atoms with E-state index < -0.39 is 21.8 Å². The topological polar surface area (TPSA) is 97.0 Å². The molecule has 2 fully saturated rings. The predicted molar refractivity (Wildman–Crippen MR) is 138 cm³/mol. The molecule has 0 saturated carbocycles. The molecule has 0 radical (unpaired) electrons. The van der Waals surface area contributed by atoms with Crippen molar-refractivity contribution in [1.29, 1.82) is 0 Å². The maximum atomic E-state index is 13.1. The number of rotatable bonds is 8. The number of carbonyl (C=O) groups is 2. The first kappa shape index (κ1) is 27.9.